The predicted molar refractivity (Wildman–Crippen MR) is 52.9 cm³/mol. The molecule has 1 aromatic rings. The Hall–Kier alpha value is -0.680. The summed E-state index contributed by atoms with van der Waals surface area (Å²) in [4.78, 5) is 12.2. The van der Waals surface area contributed by atoms with E-state index in [0.29, 0.717) is 9.75 Å². The molecule has 0 aliphatic carbocycles. The molecule has 72 valence electrons. The van der Waals surface area contributed by atoms with Crippen molar-refractivity contribution in [3.8, 4) is 0 Å². The Bertz CT molecular complexity index is 414. The summed E-state index contributed by atoms with van der Waals surface area (Å²) in [5, 5.41) is 0. The molecule has 0 saturated carbocycles. The molecule has 1 rings (SSSR count). The molecule has 0 amide bonds. The molecule has 0 fully saturated rings. The van der Waals surface area contributed by atoms with E-state index >= 15 is 0 Å². The molecule has 13 heavy (non-hydrogen) atoms. The molecule has 0 aromatic carbocycles. The van der Waals surface area contributed by atoms with Crippen molar-refractivity contribution in [1.82, 2.24) is 0 Å². The maximum absolute atomic E-state index is 10.9. The van der Waals surface area contributed by atoms with Crippen molar-refractivity contribution in [2.75, 3.05) is 6.26 Å². The van der Waals surface area contributed by atoms with Gasteiger partial charge in [-0.05, 0) is 19.1 Å². The normalized spacial score (nSPS) is 11.5. The van der Waals surface area contributed by atoms with Crippen LogP contribution >= 0.6 is 11.3 Å². The van der Waals surface area contributed by atoms with Gasteiger partial charge in [-0.25, -0.2) is 8.42 Å². The zero-order valence-electron chi connectivity index (χ0n) is 7.40. The number of ketones is 1. The van der Waals surface area contributed by atoms with Crippen LogP contribution in [0.1, 0.15) is 21.5 Å². The Morgan fingerprint density at radius 2 is 2.08 bits per heavy atom. The molecule has 5 heteroatoms. The Labute approximate surface area is 81.3 Å². The lowest BCUT2D eigenvalue weighted by Crippen LogP contribution is -1.98. The predicted octanol–water partition coefficient (Wildman–Crippen LogP) is 1.50. The van der Waals surface area contributed by atoms with Gasteiger partial charge >= 0.3 is 0 Å². The van der Waals surface area contributed by atoms with Crippen molar-refractivity contribution in [2.45, 2.75) is 12.7 Å². The van der Waals surface area contributed by atoms with Gasteiger partial charge in [0.15, 0.2) is 15.6 Å². The Morgan fingerprint density at radius 1 is 1.46 bits per heavy atom. The highest BCUT2D eigenvalue weighted by atomic mass is 32.2. The maximum atomic E-state index is 10.9. The monoisotopic (exact) mass is 218 g/mol. The van der Waals surface area contributed by atoms with E-state index in [1.54, 1.807) is 12.1 Å². The minimum atomic E-state index is -2.99. The van der Waals surface area contributed by atoms with Gasteiger partial charge < -0.3 is 0 Å². The topological polar surface area (TPSA) is 51.2 Å². The molecule has 1 heterocycles. The van der Waals surface area contributed by atoms with Gasteiger partial charge in [-0.1, -0.05) is 0 Å². The van der Waals surface area contributed by atoms with Gasteiger partial charge in [0.25, 0.3) is 0 Å². The molecule has 0 atom stereocenters. The first-order valence-electron chi connectivity index (χ1n) is 3.66. The van der Waals surface area contributed by atoms with Gasteiger partial charge in [0, 0.05) is 11.1 Å². The van der Waals surface area contributed by atoms with E-state index in [0.717, 1.165) is 0 Å². The van der Waals surface area contributed by atoms with Crippen LogP contribution in [0.5, 0.6) is 0 Å². The average Bonchev–Trinajstić information content (AvgIpc) is 2.31. The van der Waals surface area contributed by atoms with E-state index in [4.69, 9.17) is 0 Å². The summed E-state index contributed by atoms with van der Waals surface area (Å²) in [6, 6.07) is 3.34. The van der Waals surface area contributed by atoms with Crippen LogP contribution in [0.2, 0.25) is 0 Å². The molecular weight excluding hydrogens is 208 g/mol. The lowest BCUT2D eigenvalue weighted by molar-refractivity contribution is 0.102. The molecule has 0 spiro atoms. The summed E-state index contributed by atoms with van der Waals surface area (Å²) >= 11 is 1.24. The number of Topliss-reactive ketones (excluding diaryl/α,β-unsaturated/α-hetero) is 1. The molecule has 0 bridgehead atoms. The molecule has 0 aliphatic rings. The van der Waals surface area contributed by atoms with Crippen molar-refractivity contribution in [1.29, 1.82) is 0 Å². The van der Waals surface area contributed by atoms with Crippen LogP contribution in [-0.2, 0) is 15.6 Å². The summed E-state index contributed by atoms with van der Waals surface area (Å²) in [6.45, 7) is 1.47. The number of thiophene rings is 1. The first-order valence-corrected chi connectivity index (χ1v) is 6.53. The van der Waals surface area contributed by atoms with Crippen molar-refractivity contribution in [2.24, 2.45) is 0 Å². The van der Waals surface area contributed by atoms with Crippen molar-refractivity contribution in [3.05, 3.63) is 21.9 Å². The van der Waals surface area contributed by atoms with E-state index in [1.165, 1.54) is 24.5 Å². The first-order chi connectivity index (χ1) is 5.88. The largest absolute Gasteiger partial charge is 0.294 e. The summed E-state index contributed by atoms with van der Waals surface area (Å²) in [5.41, 5.74) is 0. The number of carbonyl (C=O) groups excluding carboxylic acids is 1. The molecule has 3 nitrogen and oxygen atoms in total. The first kappa shape index (κ1) is 10.4. The fraction of sp³-hybridized carbons (Fsp3) is 0.375. The summed E-state index contributed by atoms with van der Waals surface area (Å²) < 4.78 is 21.8. The summed E-state index contributed by atoms with van der Waals surface area (Å²) in [7, 11) is -2.99. The molecule has 0 aliphatic heterocycles. The zero-order valence-corrected chi connectivity index (χ0v) is 9.04. The van der Waals surface area contributed by atoms with Crippen LogP contribution in [0.15, 0.2) is 12.1 Å². The maximum Gasteiger partial charge on any atom is 0.169 e. The highest BCUT2D eigenvalue weighted by Crippen LogP contribution is 2.18. The third-order valence-corrected chi connectivity index (χ3v) is 3.62. The van der Waals surface area contributed by atoms with Gasteiger partial charge in [-0.15, -0.1) is 11.3 Å². The van der Waals surface area contributed by atoms with Crippen molar-refractivity contribution < 1.29 is 13.2 Å². The van der Waals surface area contributed by atoms with E-state index in [9.17, 15) is 13.2 Å². The molecule has 0 radical (unpaired) electrons. The van der Waals surface area contributed by atoms with Gasteiger partial charge in [0.05, 0.1) is 10.6 Å². The van der Waals surface area contributed by atoms with E-state index < -0.39 is 9.84 Å². The van der Waals surface area contributed by atoms with Gasteiger partial charge in [0.1, 0.15) is 0 Å². The average molecular weight is 218 g/mol. The highest BCUT2D eigenvalue weighted by molar-refractivity contribution is 7.90. The van der Waals surface area contributed by atoms with Gasteiger partial charge in [0.2, 0.25) is 0 Å². The quantitative estimate of drug-likeness (QED) is 0.722. The summed E-state index contributed by atoms with van der Waals surface area (Å²) in [6.07, 6.45) is 1.18. The zero-order chi connectivity index (χ0) is 10.1. The minimum Gasteiger partial charge on any atom is -0.294 e. The fourth-order valence-corrected chi connectivity index (χ4v) is 3.09. The lowest BCUT2D eigenvalue weighted by atomic mass is 10.3. The second-order valence-electron chi connectivity index (χ2n) is 2.89. The van der Waals surface area contributed by atoms with Gasteiger partial charge in [-0.2, -0.15) is 0 Å². The Balaban J connectivity index is 2.87. The van der Waals surface area contributed by atoms with Crippen LogP contribution in [-0.4, -0.2) is 20.5 Å². The lowest BCUT2D eigenvalue weighted by Gasteiger charge is -1.92. The van der Waals surface area contributed by atoms with Crippen molar-refractivity contribution >= 4 is 27.0 Å². The van der Waals surface area contributed by atoms with Crippen LogP contribution in [0, 0.1) is 0 Å². The highest BCUT2D eigenvalue weighted by Gasteiger charge is 2.09. The van der Waals surface area contributed by atoms with E-state index in [2.05, 4.69) is 0 Å². The van der Waals surface area contributed by atoms with Gasteiger partial charge in [-0.3, -0.25) is 4.79 Å². The third kappa shape index (κ3) is 3.28. The Kier molecular flexibility index (Phi) is 2.87. The van der Waals surface area contributed by atoms with Crippen LogP contribution in [0.3, 0.4) is 0 Å². The number of carbonyl (C=O) groups is 1. The second kappa shape index (κ2) is 3.59. The molecule has 0 N–H and O–H groups in total. The summed E-state index contributed by atoms with van der Waals surface area (Å²) in [5.74, 6) is -0.00458. The number of rotatable bonds is 3. The van der Waals surface area contributed by atoms with Crippen LogP contribution in [0.4, 0.5) is 0 Å². The molecule has 0 saturated heterocycles. The Morgan fingerprint density at radius 3 is 2.46 bits per heavy atom. The van der Waals surface area contributed by atoms with Crippen LogP contribution in [0.25, 0.3) is 0 Å². The number of sulfone groups is 1. The standard InChI is InChI=1S/C8H10O3S2/c1-6(9)8-4-3-7(12-8)5-13(2,10)11/h3-4H,5H2,1-2H3. The second-order valence-corrected chi connectivity index (χ2v) is 6.20. The smallest absolute Gasteiger partial charge is 0.169 e. The number of hydrogen-bond donors (Lipinski definition) is 0. The molecule has 1 aromatic heterocycles. The van der Waals surface area contributed by atoms with E-state index in [1.807, 2.05) is 0 Å². The number of hydrogen-bond acceptors (Lipinski definition) is 4. The SMILES string of the molecule is CC(=O)c1ccc(CS(C)(=O)=O)s1. The molecule has 0 unspecified atom stereocenters. The van der Waals surface area contributed by atoms with E-state index in [-0.39, 0.29) is 11.5 Å². The third-order valence-electron chi connectivity index (χ3n) is 1.41. The van der Waals surface area contributed by atoms with Crippen molar-refractivity contribution in [3.63, 3.8) is 0 Å². The minimum absolute atomic E-state index is 0.0188. The molecular formula is C8H10O3S2. The fourth-order valence-electron chi connectivity index (χ4n) is 0.903. The van der Waals surface area contributed by atoms with Crippen LogP contribution < -0.4 is 0 Å².